The van der Waals surface area contributed by atoms with E-state index in [1.807, 2.05) is 6.08 Å². The van der Waals surface area contributed by atoms with Crippen molar-refractivity contribution in [3.63, 3.8) is 0 Å². The summed E-state index contributed by atoms with van der Waals surface area (Å²) >= 11 is 1.50. The molecule has 40 heteroatoms. The third-order valence-corrected chi connectivity index (χ3v) is 19.7. The number of hydrogen-bond acceptors (Lipinski definition) is 27. The SMILES string of the molecule is COc1cc(N=Nc2c(C)c(C#N)c3nc4c(n3c2O)C=CCC4)c(OCCCS(=O)(=O)O)cc1N=Nc1cc(C)c(N=Nc2nc3c(S(=O)(=O)O)cc4c(OCCCS(=O)(=O)O)c(S(=O)(=O)O)c(S(=O)(=O)O)cc4c3s2)cc1SCCCS(=O)(=O)O. The molecule has 8 rings (SSSR count). The first-order valence-corrected chi connectivity index (χ1v) is 35.6. The van der Waals surface area contributed by atoms with Gasteiger partial charge in [0.05, 0.1) is 65.0 Å². The number of allylic oxidation sites excluding steroid dienone is 1. The van der Waals surface area contributed by atoms with Crippen LogP contribution in [0.4, 0.5) is 33.6 Å². The molecule has 464 valence electrons. The molecule has 32 nitrogen and oxygen atoms in total. The lowest BCUT2D eigenvalue weighted by molar-refractivity contribution is 0.308. The van der Waals surface area contributed by atoms with Gasteiger partial charge in [-0.05, 0) is 87.6 Å². The molecule has 4 aromatic carbocycles. The molecule has 7 N–H and O–H groups in total. The highest BCUT2D eigenvalue weighted by Gasteiger charge is 2.34. The number of aryl methyl sites for hydroxylation is 2. The Labute approximate surface area is 502 Å². The van der Waals surface area contributed by atoms with Gasteiger partial charge in [-0.1, -0.05) is 17.4 Å². The fourth-order valence-corrected chi connectivity index (χ4v) is 14.8. The third kappa shape index (κ3) is 15.5. The molecule has 3 heterocycles. The fourth-order valence-electron chi connectivity index (χ4n) is 8.59. The van der Waals surface area contributed by atoms with Crippen molar-refractivity contribution >= 4 is 150 Å². The van der Waals surface area contributed by atoms with E-state index in [0.29, 0.717) is 53.3 Å². The highest BCUT2D eigenvalue weighted by Crippen LogP contribution is 2.48. The van der Waals surface area contributed by atoms with Crippen molar-refractivity contribution in [3.8, 4) is 29.2 Å². The van der Waals surface area contributed by atoms with E-state index >= 15 is 0 Å². The Morgan fingerprint density at radius 1 is 0.678 bits per heavy atom. The Kier molecular flexibility index (Phi) is 19.2. The van der Waals surface area contributed by atoms with Crippen LogP contribution in [0.3, 0.4) is 0 Å². The smallest absolute Gasteiger partial charge is 0.299 e. The lowest BCUT2D eigenvalue weighted by atomic mass is 10.1. The first kappa shape index (κ1) is 65.7. The van der Waals surface area contributed by atoms with Gasteiger partial charge in [-0.15, -0.1) is 42.4 Å². The second-order valence-electron chi connectivity index (χ2n) is 18.6. The van der Waals surface area contributed by atoms with Gasteiger partial charge in [0.25, 0.3) is 60.7 Å². The van der Waals surface area contributed by atoms with Crippen LogP contribution in [0.15, 0.2) is 92.7 Å². The standard InChI is InChI=1S/C47H46N10O22S8/c1-24-17-33(54-52-31-21-36(78-11-6-14-82(59,60)61)32(20-35(31)77-3)53-55-40-25(2)28(23-48)45-49-29-9-4-5-10-34(29)57(45)46(40)58)37(80-13-8-16-84(65,66)67)22-30(24)51-56-47-50-41-38(85(68,69)70)18-26-27(43(41)81-47)19-39(86(71,72)73)44(87(74,75)76)42(26)79-12-7-15-83(62,63)64/h5,10,17-22,58H,4,6-9,11-16H2,1-3H3,(H,59,60,61)(H,62,63,64)(H,65,66,67)(H,68,69,70)(H,71,72,73)(H,74,75,76). The molecule has 0 radical (unpaired) electrons. The number of aromatic hydroxyl groups is 1. The molecule has 0 bridgehead atoms. The van der Waals surface area contributed by atoms with Crippen LogP contribution < -0.4 is 14.2 Å². The van der Waals surface area contributed by atoms with Crippen LogP contribution in [-0.4, -0.2) is 141 Å². The van der Waals surface area contributed by atoms with Gasteiger partial charge in [-0.3, -0.25) is 31.7 Å². The Bertz CT molecular complexity index is 4870. The highest BCUT2D eigenvalue weighted by molar-refractivity contribution is 7.99. The van der Waals surface area contributed by atoms with Crippen LogP contribution in [0.1, 0.15) is 53.8 Å². The van der Waals surface area contributed by atoms with Gasteiger partial charge in [0, 0.05) is 33.4 Å². The molecular weight excluding hydrogens is 1310 g/mol. The van der Waals surface area contributed by atoms with E-state index in [-0.39, 0.29) is 97.4 Å². The molecule has 0 atom stereocenters. The summed E-state index contributed by atoms with van der Waals surface area (Å²) in [7, 11) is -28.9. The predicted molar refractivity (Wildman–Crippen MR) is 312 cm³/mol. The van der Waals surface area contributed by atoms with E-state index < -0.39 is 133 Å². The second-order valence-corrected chi connectivity index (χ2v) is 29.6. The number of thioether (sulfide) groups is 1. The Morgan fingerprint density at radius 2 is 1.26 bits per heavy atom. The van der Waals surface area contributed by atoms with Crippen LogP contribution in [0.25, 0.3) is 32.7 Å². The van der Waals surface area contributed by atoms with E-state index in [1.54, 1.807) is 13.0 Å². The molecule has 0 amide bonds. The number of aromatic nitrogens is 3. The zero-order chi connectivity index (χ0) is 63.8. The monoisotopic (exact) mass is 1360 g/mol. The maximum Gasteiger partial charge on any atom is 0.299 e. The normalized spacial score (nSPS) is 13.7. The minimum Gasteiger partial charge on any atom is -0.494 e. The topological polar surface area (TPSA) is 502 Å². The first-order valence-electron chi connectivity index (χ1n) is 24.6. The lowest BCUT2D eigenvalue weighted by Gasteiger charge is -2.16. The number of ether oxygens (including phenoxy) is 3. The summed E-state index contributed by atoms with van der Waals surface area (Å²) in [6.07, 6.45) is 4.02. The average molecular weight is 1360 g/mol. The average Bonchev–Trinajstić information content (AvgIpc) is 2.24. The van der Waals surface area contributed by atoms with Crippen molar-refractivity contribution in [1.82, 2.24) is 14.4 Å². The zero-order valence-corrected chi connectivity index (χ0v) is 51.4. The summed E-state index contributed by atoms with van der Waals surface area (Å²) in [5, 5.41) is 46.2. The summed E-state index contributed by atoms with van der Waals surface area (Å²) < 4.78 is 223. The van der Waals surface area contributed by atoms with Crippen LogP contribution in [0.5, 0.6) is 23.1 Å². The van der Waals surface area contributed by atoms with Crippen molar-refractivity contribution in [2.24, 2.45) is 30.7 Å². The summed E-state index contributed by atoms with van der Waals surface area (Å²) in [6, 6.07) is 8.76. The molecule has 7 aromatic rings. The maximum atomic E-state index is 12.9. The molecule has 1 aliphatic carbocycles. The lowest BCUT2D eigenvalue weighted by Crippen LogP contribution is -2.14. The zero-order valence-electron chi connectivity index (χ0n) is 44.9. The van der Waals surface area contributed by atoms with Gasteiger partial charge < -0.3 is 19.3 Å². The minimum atomic E-state index is -5.71. The van der Waals surface area contributed by atoms with Gasteiger partial charge in [0.15, 0.2) is 16.2 Å². The van der Waals surface area contributed by atoms with E-state index in [4.69, 9.17) is 14.2 Å². The minimum absolute atomic E-state index is 0.00122. The number of azo groups is 3. The Hall–Kier alpha value is -7.24. The number of benzene rings is 4. The summed E-state index contributed by atoms with van der Waals surface area (Å²) in [5.74, 6) is -3.85. The maximum absolute atomic E-state index is 12.9. The van der Waals surface area contributed by atoms with E-state index in [2.05, 4.69) is 46.7 Å². The van der Waals surface area contributed by atoms with E-state index in [9.17, 15) is 88.2 Å². The molecule has 0 spiro atoms. The number of rotatable bonds is 25. The van der Waals surface area contributed by atoms with Crippen molar-refractivity contribution in [2.75, 3.05) is 43.3 Å². The largest absolute Gasteiger partial charge is 0.494 e. The number of fused-ring (bicyclic) bond motifs is 6. The molecule has 0 saturated carbocycles. The van der Waals surface area contributed by atoms with Gasteiger partial charge in [0.1, 0.15) is 55.6 Å². The first-order chi connectivity index (χ1) is 40.6. The van der Waals surface area contributed by atoms with Crippen LogP contribution in [0, 0.1) is 25.2 Å². The molecule has 0 saturated heterocycles. The predicted octanol–water partition coefficient (Wildman–Crippen LogP) is 8.93. The Balaban J connectivity index is 1.21. The van der Waals surface area contributed by atoms with Gasteiger partial charge in [-0.2, -0.15) is 55.8 Å². The summed E-state index contributed by atoms with van der Waals surface area (Å²) in [6.45, 7) is 1.95. The van der Waals surface area contributed by atoms with Crippen molar-refractivity contribution in [2.45, 2.75) is 65.5 Å². The number of nitriles is 1. The number of thiazole rings is 1. The van der Waals surface area contributed by atoms with Crippen LogP contribution >= 0.6 is 23.1 Å². The number of pyridine rings is 1. The number of methoxy groups -OCH3 is 1. The second kappa shape index (κ2) is 25.5. The summed E-state index contributed by atoms with van der Waals surface area (Å²) in [4.78, 5) is 4.86. The molecule has 3 aromatic heterocycles. The molecule has 0 unspecified atom stereocenters. The third-order valence-electron chi connectivity index (χ3n) is 12.4. The van der Waals surface area contributed by atoms with Gasteiger partial charge in [-0.25, -0.2) is 9.97 Å². The van der Waals surface area contributed by atoms with E-state index in [0.717, 1.165) is 11.8 Å². The van der Waals surface area contributed by atoms with Crippen molar-refractivity contribution < 1.29 is 97.1 Å². The molecular formula is C47H46N10O22S8. The molecule has 87 heavy (non-hydrogen) atoms. The van der Waals surface area contributed by atoms with Gasteiger partial charge in [0.2, 0.25) is 11.0 Å². The highest BCUT2D eigenvalue weighted by atomic mass is 32.2. The van der Waals surface area contributed by atoms with Crippen LogP contribution in [-0.2, 0) is 67.1 Å². The molecule has 0 aliphatic heterocycles. The van der Waals surface area contributed by atoms with Crippen molar-refractivity contribution in [3.05, 3.63) is 70.6 Å². The molecule has 1 aliphatic rings. The van der Waals surface area contributed by atoms with Gasteiger partial charge >= 0.3 is 0 Å². The number of nitrogens with zero attached hydrogens (tertiary/aromatic N) is 10. The Morgan fingerprint density at radius 3 is 1.89 bits per heavy atom. The number of imidazole rings is 1. The van der Waals surface area contributed by atoms with Crippen molar-refractivity contribution in [1.29, 1.82) is 5.26 Å². The van der Waals surface area contributed by atoms with Crippen LogP contribution in [0.2, 0.25) is 0 Å². The quantitative estimate of drug-likeness (QED) is 0.0121. The fraction of sp³-hybridized carbons (Fsp3) is 0.298. The summed E-state index contributed by atoms with van der Waals surface area (Å²) in [5.41, 5.74) is 1.43. The van der Waals surface area contributed by atoms with E-state index in [1.165, 1.54) is 42.7 Å². The molecule has 0 fully saturated rings. The number of hydrogen-bond donors (Lipinski definition) is 7.